The molecule has 35 rings (SSSR count). The number of benzene rings is 20. The van der Waals surface area contributed by atoms with Gasteiger partial charge in [-0.2, -0.15) is 5.10 Å². The molecule has 0 bridgehead atoms. The molecule has 0 fully saturated rings. The van der Waals surface area contributed by atoms with Crippen LogP contribution in [0.2, 0.25) is 0 Å². The van der Waals surface area contributed by atoms with Crippen LogP contribution < -0.4 is 15.6 Å². The summed E-state index contributed by atoms with van der Waals surface area (Å²) in [4.78, 5) is 27.8. The van der Waals surface area contributed by atoms with Crippen LogP contribution in [0.4, 0.5) is 17.1 Å². The van der Waals surface area contributed by atoms with Crippen LogP contribution in [0.25, 0.3) is 291 Å². The minimum atomic E-state index is -0.873. The molecule has 0 saturated heterocycles. The summed E-state index contributed by atoms with van der Waals surface area (Å²) in [7, 11) is 0. The predicted molar refractivity (Wildman–Crippen MR) is 400 cm³/mol. The lowest BCUT2D eigenvalue weighted by molar-refractivity contribution is -0.117. The Bertz CT molecular complexity index is 8280. The van der Waals surface area contributed by atoms with Gasteiger partial charge in [-0.25, -0.2) is 5.01 Å². The van der Waals surface area contributed by atoms with E-state index in [0.29, 0.717) is 12.8 Å². The summed E-state index contributed by atoms with van der Waals surface area (Å²) in [5, 5.41) is 101. The molecule has 1 heterocycles. The molecule has 0 aromatic heterocycles. The largest absolute Gasteiger partial charge is 0.326 e. The average Bonchev–Trinajstić information content (AvgIpc) is 1.38. The maximum absolute atomic E-state index is 13.9. The third-order valence-corrected chi connectivity index (χ3v) is 30.0. The fourth-order valence-corrected chi connectivity index (χ4v) is 28.4. The molecular formula is C89H40N4O2. The quantitative estimate of drug-likeness (QED) is 0.0748. The monoisotopic (exact) mass is 1200 g/mol. The van der Waals surface area contributed by atoms with E-state index in [2.05, 4.69) is 78.0 Å². The molecule has 30 aromatic carbocycles. The van der Waals surface area contributed by atoms with Crippen molar-refractivity contribution in [1.29, 1.82) is 0 Å². The average molecular weight is 1200 g/mol. The summed E-state index contributed by atoms with van der Waals surface area (Å²) in [5.74, 6) is 0.178. The van der Waals surface area contributed by atoms with E-state index in [0.717, 1.165) is 54.0 Å². The summed E-state index contributed by atoms with van der Waals surface area (Å²) in [5.41, 5.74) is 9.34. The van der Waals surface area contributed by atoms with Crippen LogP contribution in [0.5, 0.6) is 0 Å². The van der Waals surface area contributed by atoms with Crippen molar-refractivity contribution in [3.8, 4) is 0 Å². The molecule has 6 nitrogen and oxygen atoms in total. The smallest absolute Gasteiger partial charge is 0.224 e. The number of carbonyl (C=O) groups excluding carboxylic acids is 2. The SMILES string of the molecule is CCCCCCCC(=O)Nc1ccc(C2=NN(c3ccc(NC(=O)CCCCCCC)cc3)C34c5c6c7c8c9c%10c(c%11c%12c3c3c5c5c%13c6c6c7c7c9c9c%14c%10c%10c%11c%11c%12c%12c3c3c5c5c%13c%13c6c6c7c9c7c9c%14c%10c%10c%11c%11c%12c3c3c5c5c%13c6c7c6c9c%10c%11c3c56)C284)cc1. The summed E-state index contributed by atoms with van der Waals surface area (Å²) >= 11 is 0. The number of hydrazone groups is 1. The van der Waals surface area contributed by atoms with E-state index in [1.807, 2.05) is 0 Å². The topological polar surface area (TPSA) is 73.8 Å². The number of nitrogens with zero attached hydrogens (tertiary/aromatic N) is 2. The second-order valence-corrected chi connectivity index (χ2v) is 32.5. The summed E-state index contributed by atoms with van der Waals surface area (Å²) < 4.78 is 0. The van der Waals surface area contributed by atoms with E-state index >= 15 is 0 Å². The first-order valence-electron chi connectivity index (χ1n) is 36.0. The van der Waals surface area contributed by atoms with Crippen LogP contribution >= 0.6 is 0 Å². The Kier molecular flexibility index (Phi) is 5.11. The third kappa shape index (κ3) is 3.00. The minimum absolute atomic E-state index is 0.0879. The lowest BCUT2D eigenvalue weighted by Gasteiger charge is -2.53. The lowest BCUT2D eigenvalue weighted by atomic mass is 9.50. The number of anilines is 3. The second kappa shape index (κ2) is 11.4. The Morgan fingerprint density at radius 3 is 0.789 bits per heavy atom. The maximum atomic E-state index is 13.9. The molecule has 2 amide bonds. The van der Waals surface area contributed by atoms with Crippen molar-refractivity contribution in [2.45, 2.75) is 102 Å². The van der Waals surface area contributed by atoms with Gasteiger partial charge in [0.25, 0.3) is 0 Å². The van der Waals surface area contributed by atoms with Crippen LogP contribution in [0, 0.1) is 0 Å². The Balaban J connectivity index is 0.824. The van der Waals surface area contributed by atoms with Crippen molar-refractivity contribution in [2.24, 2.45) is 5.10 Å². The number of hydrogen-bond acceptors (Lipinski definition) is 4. The van der Waals surface area contributed by atoms with Gasteiger partial charge >= 0.3 is 0 Å². The molecule has 0 saturated carbocycles. The first-order chi connectivity index (χ1) is 47.1. The third-order valence-electron chi connectivity index (χ3n) is 30.0. The highest BCUT2D eigenvalue weighted by Gasteiger charge is 2.77. The first kappa shape index (κ1) is 42.5. The lowest BCUT2D eigenvalue weighted by Crippen LogP contribution is -2.59. The first-order valence-corrected chi connectivity index (χ1v) is 36.0. The van der Waals surface area contributed by atoms with E-state index in [1.54, 1.807) is 226 Å². The highest BCUT2D eigenvalue weighted by Crippen LogP contribution is 2.86. The van der Waals surface area contributed by atoms with Gasteiger partial charge in [-0.3, -0.25) is 9.59 Å². The molecule has 2 N–H and O–H groups in total. The standard InChI is InChI=1S/C89H40N4O2/c1-3-5-7-9-11-13-27(94)90-24-17-15-23(16-18-24)87-88-83-75-67-57-47-39-31-29-30-33-37-35(31)43-51-45(37)55-49-41(33)42-34(30)38-36-32(29)40(39)48-54-44(36)52-46(38)56-50(42)60-59(49)71-65(55)73-63(51)69(61(67)53(43)47)77(83)79(73)85-81(71)82-72(60)66(56)74-64(52)70-62(54)68(58(48)57)76(75)84(88)78(70)80(74)86(82)89(85,88)93(92-87)26-21-19-25(20-22-26)91-28(95)14-12-10-8-6-4-2/h15-22H,3-14H2,1-2H3,(H,90,94)(H,91,95). The fourth-order valence-electron chi connectivity index (χ4n) is 28.4. The number of carbonyl (C=O) groups is 2. The predicted octanol–water partition coefficient (Wildman–Crippen LogP) is 23.8. The van der Waals surface area contributed by atoms with Gasteiger partial charge in [-0.05, 0) is 357 Å². The fraction of sp³-hybridized carbons (Fsp3) is 0.180. The Morgan fingerprint density at radius 1 is 0.295 bits per heavy atom. The molecule has 0 atom stereocenters. The summed E-state index contributed by atoms with van der Waals surface area (Å²) in [6.45, 7) is 4.50. The molecule has 95 heavy (non-hydrogen) atoms. The molecule has 4 aliphatic carbocycles. The molecule has 6 heteroatoms. The van der Waals surface area contributed by atoms with E-state index in [9.17, 15) is 9.59 Å². The molecule has 428 valence electrons. The van der Waals surface area contributed by atoms with Crippen molar-refractivity contribution < 1.29 is 9.59 Å². The minimum Gasteiger partial charge on any atom is -0.326 e. The van der Waals surface area contributed by atoms with Gasteiger partial charge in [0.15, 0.2) is 0 Å². The van der Waals surface area contributed by atoms with Gasteiger partial charge in [0.1, 0.15) is 11.0 Å². The van der Waals surface area contributed by atoms with Crippen LogP contribution in [-0.2, 0) is 20.5 Å². The molecule has 2 spiro atoms. The van der Waals surface area contributed by atoms with E-state index in [-0.39, 0.29) is 11.8 Å². The number of amides is 2. The van der Waals surface area contributed by atoms with Crippen molar-refractivity contribution in [3.05, 3.63) is 76.3 Å². The van der Waals surface area contributed by atoms with Crippen LogP contribution in [0.3, 0.4) is 0 Å². The summed E-state index contributed by atoms with van der Waals surface area (Å²) in [6.07, 6.45) is 12.2. The molecule has 1 aliphatic heterocycles. The van der Waals surface area contributed by atoms with Crippen LogP contribution in [0.15, 0.2) is 53.6 Å². The number of nitrogens with one attached hydrogen (secondary N) is 2. The van der Waals surface area contributed by atoms with Crippen molar-refractivity contribution in [2.75, 3.05) is 15.6 Å². The molecule has 0 radical (unpaired) electrons. The number of rotatable bonds is 16. The zero-order valence-electron chi connectivity index (χ0n) is 51.3. The van der Waals surface area contributed by atoms with Crippen LogP contribution in [0.1, 0.15) is 119 Å². The van der Waals surface area contributed by atoms with E-state index in [1.165, 1.54) is 125 Å². The van der Waals surface area contributed by atoms with Gasteiger partial charge < -0.3 is 10.6 Å². The highest BCUT2D eigenvalue weighted by molar-refractivity contribution is 6.82. The molecule has 30 aromatic rings. The number of unbranched alkanes of at least 4 members (excludes halogenated alkanes) is 8. The second-order valence-electron chi connectivity index (χ2n) is 32.5. The Labute approximate surface area is 530 Å². The van der Waals surface area contributed by atoms with Crippen molar-refractivity contribution in [3.63, 3.8) is 0 Å². The Hall–Kier alpha value is -10.7. The summed E-state index contributed by atoms with van der Waals surface area (Å²) in [6, 6.07) is 18.1. The highest BCUT2D eigenvalue weighted by atomic mass is 16.2. The Morgan fingerprint density at radius 2 is 0.526 bits per heavy atom. The van der Waals surface area contributed by atoms with Crippen molar-refractivity contribution in [1.82, 2.24) is 0 Å². The maximum Gasteiger partial charge on any atom is 0.224 e. The van der Waals surface area contributed by atoms with Crippen LogP contribution in [-0.4, -0.2) is 17.5 Å². The van der Waals surface area contributed by atoms with Gasteiger partial charge in [0, 0.05) is 35.3 Å². The van der Waals surface area contributed by atoms with Crippen molar-refractivity contribution >= 4 is 325 Å². The number of hydrogen-bond donors (Lipinski definition) is 2. The molecule has 0 unspecified atom stereocenters. The zero-order chi connectivity index (χ0) is 59.4. The van der Waals surface area contributed by atoms with E-state index in [4.69, 9.17) is 5.10 Å². The van der Waals surface area contributed by atoms with Gasteiger partial charge in [-0.1, -0.05) is 77.3 Å². The van der Waals surface area contributed by atoms with Gasteiger partial charge in [0.2, 0.25) is 11.8 Å². The van der Waals surface area contributed by atoms with Gasteiger partial charge in [0.05, 0.1) is 11.4 Å². The van der Waals surface area contributed by atoms with E-state index < -0.39 is 11.0 Å². The normalized spacial score (nSPS) is 19.6. The zero-order valence-corrected chi connectivity index (χ0v) is 51.3. The molecule has 5 aliphatic rings. The van der Waals surface area contributed by atoms with Gasteiger partial charge in [-0.15, -0.1) is 0 Å². The molecular weight excluding hydrogens is 1160 g/mol.